The molecule has 6 nitrogen and oxygen atoms in total. The molecular formula is C26H23F6N3O3S. The van der Waals surface area contributed by atoms with E-state index in [0.717, 1.165) is 13.1 Å². The Morgan fingerprint density at radius 3 is 2.10 bits per heavy atom. The molecule has 2 fully saturated rings. The summed E-state index contributed by atoms with van der Waals surface area (Å²) in [6.07, 6.45) is -9.58. The van der Waals surface area contributed by atoms with Gasteiger partial charge < -0.3 is 14.4 Å². The summed E-state index contributed by atoms with van der Waals surface area (Å²) < 4.78 is 83.6. The predicted molar refractivity (Wildman–Crippen MR) is 129 cm³/mol. The molecule has 208 valence electrons. The second-order valence-corrected chi connectivity index (χ2v) is 10.4. The van der Waals surface area contributed by atoms with Crippen molar-refractivity contribution in [3.8, 4) is 11.5 Å². The van der Waals surface area contributed by atoms with E-state index in [2.05, 4.69) is 19.4 Å². The molecule has 13 heteroatoms. The molecule has 1 amide bonds. The van der Waals surface area contributed by atoms with Gasteiger partial charge in [-0.2, -0.15) is 0 Å². The number of carbonyl (C=O) groups is 1. The third kappa shape index (κ3) is 7.21. The third-order valence-electron chi connectivity index (χ3n) is 6.86. The fourth-order valence-electron chi connectivity index (χ4n) is 5.25. The van der Waals surface area contributed by atoms with E-state index in [4.69, 9.17) is 0 Å². The Kier molecular flexibility index (Phi) is 7.47. The Balaban J connectivity index is 1.21. The SMILES string of the molecule is O=C(c1cscn1)N(Cc1cccc(OC(F)(F)F)c1)CC1C2CN(Cc3cccc(OC(F)(F)F)c3)CC21. The number of halogens is 6. The molecule has 1 aliphatic carbocycles. The summed E-state index contributed by atoms with van der Waals surface area (Å²) >= 11 is 1.28. The van der Waals surface area contributed by atoms with Crippen molar-refractivity contribution < 1.29 is 40.6 Å². The predicted octanol–water partition coefficient (Wildman–Crippen LogP) is 5.96. The molecule has 0 radical (unpaired) electrons. The Labute approximate surface area is 223 Å². The monoisotopic (exact) mass is 571 g/mol. The number of fused-ring (bicyclic) bond motifs is 1. The van der Waals surface area contributed by atoms with E-state index in [9.17, 15) is 31.1 Å². The van der Waals surface area contributed by atoms with Gasteiger partial charge >= 0.3 is 12.7 Å². The molecule has 39 heavy (non-hydrogen) atoms. The number of carbonyl (C=O) groups excluding carboxylic acids is 1. The summed E-state index contributed by atoms with van der Waals surface area (Å²) in [5.74, 6) is -0.0941. The van der Waals surface area contributed by atoms with Crippen LogP contribution in [0.4, 0.5) is 26.3 Å². The van der Waals surface area contributed by atoms with Gasteiger partial charge in [0.25, 0.3) is 5.91 Å². The maximum atomic E-state index is 13.2. The van der Waals surface area contributed by atoms with Crippen LogP contribution < -0.4 is 9.47 Å². The molecule has 1 aliphatic heterocycles. The molecule has 5 rings (SSSR count). The zero-order valence-electron chi connectivity index (χ0n) is 20.3. The lowest BCUT2D eigenvalue weighted by Gasteiger charge is -2.25. The number of ether oxygens (including phenoxy) is 2. The van der Waals surface area contributed by atoms with Gasteiger partial charge in [0.2, 0.25) is 0 Å². The van der Waals surface area contributed by atoms with Gasteiger partial charge in [-0.05, 0) is 53.1 Å². The minimum absolute atomic E-state index is 0.0943. The summed E-state index contributed by atoms with van der Waals surface area (Å²) in [5.41, 5.74) is 3.02. The van der Waals surface area contributed by atoms with Crippen molar-refractivity contribution in [3.05, 3.63) is 76.2 Å². The van der Waals surface area contributed by atoms with E-state index < -0.39 is 12.7 Å². The fourth-order valence-corrected chi connectivity index (χ4v) is 5.78. The van der Waals surface area contributed by atoms with Crippen molar-refractivity contribution in [3.63, 3.8) is 0 Å². The molecular weight excluding hydrogens is 548 g/mol. The highest BCUT2D eigenvalue weighted by molar-refractivity contribution is 7.07. The molecule has 1 aromatic heterocycles. The van der Waals surface area contributed by atoms with Crippen molar-refractivity contribution >= 4 is 17.2 Å². The van der Waals surface area contributed by atoms with E-state index in [1.807, 2.05) is 0 Å². The number of hydrogen-bond acceptors (Lipinski definition) is 6. The van der Waals surface area contributed by atoms with E-state index in [-0.39, 0.29) is 35.6 Å². The van der Waals surface area contributed by atoms with Crippen molar-refractivity contribution in [1.82, 2.24) is 14.8 Å². The molecule has 1 saturated carbocycles. The zero-order valence-corrected chi connectivity index (χ0v) is 21.1. The van der Waals surface area contributed by atoms with Crippen LogP contribution in [-0.2, 0) is 13.1 Å². The lowest BCUT2D eigenvalue weighted by molar-refractivity contribution is -0.275. The van der Waals surface area contributed by atoms with Gasteiger partial charge in [-0.15, -0.1) is 37.7 Å². The van der Waals surface area contributed by atoms with Crippen LogP contribution in [0.3, 0.4) is 0 Å². The molecule has 2 atom stereocenters. The first kappa shape index (κ1) is 27.3. The van der Waals surface area contributed by atoms with Crippen molar-refractivity contribution in [2.45, 2.75) is 25.8 Å². The Hall–Kier alpha value is -3.32. The number of nitrogens with zero attached hydrogens (tertiary/aromatic N) is 3. The minimum atomic E-state index is -4.82. The van der Waals surface area contributed by atoms with Crippen LogP contribution in [0, 0.1) is 17.8 Å². The van der Waals surface area contributed by atoms with Gasteiger partial charge in [-0.25, -0.2) is 4.98 Å². The summed E-state index contributed by atoms with van der Waals surface area (Å²) in [5, 5.41) is 1.63. The maximum absolute atomic E-state index is 13.2. The average Bonchev–Trinajstić information content (AvgIpc) is 3.23. The summed E-state index contributed by atoms with van der Waals surface area (Å²) in [6, 6.07) is 11.4. The van der Waals surface area contributed by atoms with Crippen LogP contribution in [0.5, 0.6) is 11.5 Å². The summed E-state index contributed by atoms with van der Waals surface area (Å²) in [7, 11) is 0. The number of aromatic nitrogens is 1. The number of thiazole rings is 1. The molecule has 3 aromatic rings. The second kappa shape index (κ2) is 10.7. The van der Waals surface area contributed by atoms with Crippen molar-refractivity contribution in [2.75, 3.05) is 19.6 Å². The molecule has 2 aromatic carbocycles. The third-order valence-corrected chi connectivity index (χ3v) is 7.45. The van der Waals surface area contributed by atoms with Gasteiger partial charge in [0.05, 0.1) is 5.51 Å². The number of alkyl halides is 6. The van der Waals surface area contributed by atoms with Crippen LogP contribution in [0.2, 0.25) is 0 Å². The number of rotatable bonds is 9. The Morgan fingerprint density at radius 2 is 1.54 bits per heavy atom. The summed E-state index contributed by atoms with van der Waals surface area (Å²) in [6.45, 7) is 2.44. The molecule has 0 bridgehead atoms. The minimum Gasteiger partial charge on any atom is -0.406 e. The highest BCUT2D eigenvalue weighted by atomic mass is 32.1. The molecule has 0 spiro atoms. The van der Waals surface area contributed by atoms with E-state index >= 15 is 0 Å². The van der Waals surface area contributed by atoms with E-state index in [1.165, 1.54) is 47.7 Å². The standard InChI is InChI=1S/C26H23F6N3O3S/c27-25(28,29)37-18-5-1-3-16(7-18)9-34-11-20-21(12-34)22(20)13-35(24(36)23-14-39-15-33-23)10-17-4-2-6-19(8-17)38-26(30,31)32/h1-8,14-15,20-22H,9-13H2. The first-order chi connectivity index (χ1) is 18.4. The van der Waals surface area contributed by atoms with Gasteiger partial charge in [-0.3, -0.25) is 9.69 Å². The smallest absolute Gasteiger partial charge is 0.406 e. The largest absolute Gasteiger partial charge is 0.573 e. The normalized spacial score (nSPS) is 20.9. The highest BCUT2D eigenvalue weighted by Crippen LogP contribution is 2.52. The first-order valence-corrected chi connectivity index (χ1v) is 13.0. The van der Waals surface area contributed by atoms with Crippen LogP contribution in [0.1, 0.15) is 21.6 Å². The lowest BCUT2D eigenvalue weighted by Crippen LogP contribution is -2.35. The molecule has 1 saturated heterocycles. The topological polar surface area (TPSA) is 54.9 Å². The highest BCUT2D eigenvalue weighted by Gasteiger charge is 2.56. The Morgan fingerprint density at radius 1 is 0.949 bits per heavy atom. The Bertz CT molecular complexity index is 1290. The molecule has 2 aliphatic rings. The number of benzene rings is 2. The quantitative estimate of drug-likeness (QED) is 0.297. The summed E-state index contributed by atoms with van der Waals surface area (Å²) in [4.78, 5) is 21.1. The second-order valence-electron chi connectivity index (χ2n) is 9.64. The van der Waals surface area contributed by atoms with Gasteiger partial charge in [0.15, 0.2) is 0 Å². The van der Waals surface area contributed by atoms with E-state index in [1.54, 1.807) is 27.9 Å². The van der Waals surface area contributed by atoms with Crippen molar-refractivity contribution in [2.24, 2.45) is 17.8 Å². The zero-order chi connectivity index (χ0) is 27.8. The maximum Gasteiger partial charge on any atom is 0.573 e. The molecule has 2 unspecified atom stereocenters. The number of piperidine rings is 1. The number of hydrogen-bond donors (Lipinski definition) is 0. The van der Waals surface area contributed by atoms with Crippen molar-refractivity contribution in [1.29, 1.82) is 0 Å². The van der Waals surface area contributed by atoms with E-state index in [0.29, 0.717) is 36.1 Å². The number of likely N-dealkylation sites (tertiary alicyclic amines) is 1. The van der Waals surface area contributed by atoms with Crippen LogP contribution in [-0.4, -0.2) is 53.0 Å². The first-order valence-electron chi connectivity index (χ1n) is 12.0. The van der Waals surface area contributed by atoms with Gasteiger partial charge in [0, 0.05) is 38.1 Å². The van der Waals surface area contributed by atoms with Gasteiger partial charge in [-0.1, -0.05) is 24.3 Å². The molecule has 0 N–H and O–H groups in total. The fraction of sp³-hybridized carbons (Fsp3) is 0.385. The lowest BCUT2D eigenvalue weighted by atomic mass is 10.1. The van der Waals surface area contributed by atoms with Crippen LogP contribution in [0.25, 0.3) is 0 Å². The van der Waals surface area contributed by atoms with Crippen LogP contribution >= 0.6 is 11.3 Å². The van der Waals surface area contributed by atoms with Crippen LogP contribution in [0.15, 0.2) is 59.4 Å². The number of amides is 1. The van der Waals surface area contributed by atoms with Gasteiger partial charge in [0.1, 0.15) is 17.2 Å². The average molecular weight is 572 g/mol. The molecule has 2 heterocycles.